The van der Waals surface area contributed by atoms with Gasteiger partial charge in [-0.25, -0.2) is 4.79 Å². The fourth-order valence-electron chi connectivity index (χ4n) is 4.24. The SMILES string of the molecule is CC(C)[C@@H]1COC(=O)N1CC(C)(/C=C/c1ccc2ccc([C@@H](C)O)cc2c1)CO[Si](C)(C)C(C)(C)C. The van der Waals surface area contributed by atoms with E-state index in [1.807, 2.05) is 23.1 Å². The van der Waals surface area contributed by atoms with Crippen LogP contribution in [0.15, 0.2) is 42.5 Å². The van der Waals surface area contributed by atoms with E-state index >= 15 is 0 Å². The number of nitrogens with zero attached hydrogens (tertiary/aromatic N) is 1. The van der Waals surface area contributed by atoms with Crippen LogP contribution in [0.4, 0.5) is 4.79 Å². The van der Waals surface area contributed by atoms with Crippen LogP contribution in [0, 0.1) is 11.3 Å². The van der Waals surface area contributed by atoms with Crippen molar-refractivity contribution >= 4 is 31.3 Å². The van der Waals surface area contributed by atoms with Gasteiger partial charge in [0.1, 0.15) is 6.61 Å². The average molecular weight is 512 g/mol. The molecule has 0 spiro atoms. The first-order valence-corrected chi connectivity index (χ1v) is 16.0. The average Bonchev–Trinajstić information content (AvgIpc) is 3.15. The van der Waals surface area contributed by atoms with Gasteiger partial charge in [-0.05, 0) is 65.0 Å². The zero-order valence-electron chi connectivity index (χ0n) is 23.6. The van der Waals surface area contributed by atoms with E-state index in [9.17, 15) is 9.90 Å². The highest BCUT2D eigenvalue weighted by Crippen LogP contribution is 2.38. The highest BCUT2D eigenvalue weighted by Gasteiger charge is 2.42. The molecular formula is C30H45NO4Si. The van der Waals surface area contributed by atoms with Crippen molar-refractivity contribution in [3.8, 4) is 0 Å². The molecule has 198 valence electrons. The summed E-state index contributed by atoms with van der Waals surface area (Å²) in [5, 5.41) is 12.3. The lowest BCUT2D eigenvalue weighted by atomic mass is 9.88. The molecule has 0 radical (unpaired) electrons. The number of fused-ring (bicyclic) bond motifs is 1. The maximum Gasteiger partial charge on any atom is 0.410 e. The Balaban J connectivity index is 1.92. The normalized spacial score (nSPS) is 19.8. The van der Waals surface area contributed by atoms with Gasteiger partial charge in [0.15, 0.2) is 8.32 Å². The number of aliphatic hydroxyl groups excluding tert-OH is 1. The molecule has 0 aliphatic carbocycles. The molecule has 3 rings (SSSR count). The third kappa shape index (κ3) is 6.58. The lowest BCUT2D eigenvalue weighted by Crippen LogP contribution is -2.48. The van der Waals surface area contributed by atoms with Crippen molar-refractivity contribution in [2.24, 2.45) is 11.3 Å². The van der Waals surface area contributed by atoms with E-state index in [1.165, 1.54) is 0 Å². The van der Waals surface area contributed by atoms with Crippen molar-refractivity contribution < 1.29 is 19.1 Å². The molecule has 1 heterocycles. The Morgan fingerprint density at radius 3 is 2.39 bits per heavy atom. The van der Waals surface area contributed by atoms with E-state index in [-0.39, 0.29) is 22.6 Å². The van der Waals surface area contributed by atoms with Crippen molar-refractivity contribution in [1.82, 2.24) is 4.90 Å². The van der Waals surface area contributed by atoms with E-state index in [4.69, 9.17) is 9.16 Å². The van der Waals surface area contributed by atoms with E-state index in [1.54, 1.807) is 6.92 Å². The Bertz CT molecular complexity index is 1100. The molecule has 0 aromatic heterocycles. The van der Waals surface area contributed by atoms with Gasteiger partial charge in [-0.2, -0.15) is 0 Å². The number of carbonyl (C=O) groups is 1. The molecule has 0 saturated carbocycles. The van der Waals surface area contributed by atoms with Gasteiger partial charge in [-0.3, -0.25) is 0 Å². The molecule has 5 nitrogen and oxygen atoms in total. The van der Waals surface area contributed by atoms with E-state index in [2.05, 4.69) is 85.0 Å². The second-order valence-electron chi connectivity index (χ2n) is 12.6. The summed E-state index contributed by atoms with van der Waals surface area (Å²) in [4.78, 5) is 14.6. The second-order valence-corrected chi connectivity index (χ2v) is 17.4. The van der Waals surface area contributed by atoms with Gasteiger partial charge in [-0.15, -0.1) is 0 Å². The van der Waals surface area contributed by atoms with E-state index in [0.717, 1.165) is 21.9 Å². The predicted molar refractivity (Wildman–Crippen MR) is 152 cm³/mol. The van der Waals surface area contributed by atoms with Crippen molar-refractivity contribution in [3.63, 3.8) is 0 Å². The maximum atomic E-state index is 12.7. The van der Waals surface area contributed by atoms with Gasteiger partial charge < -0.3 is 19.2 Å². The highest BCUT2D eigenvalue weighted by atomic mass is 28.4. The molecule has 6 heteroatoms. The molecule has 1 aliphatic heterocycles. The molecule has 36 heavy (non-hydrogen) atoms. The zero-order valence-corrected chi connectivity index (χ0v) is 24.6. The van der Waals surface area contributed by atoms with Crippen LogP contribution in [0.1, 0.15) is 65.7 Å². The number of aliphatic hydroxyl groups is 1. The first-order valence-electron chi connectivity index (χ1n) is 13.1. The third-order valence-electron chi connectivity index (χ3n) is 7.93. The van der Waals surface area contributed by atoms with Crippen LogP contribution >= 0.6 is 0 Å². The van der Waals surface area contributed by atoms with Crippen molar-refractivity contribution in [2.45, 2.75) is 78.7 Å². The summed E-state index contributed by atoms with van der Waals surface area (Å²) in [6.07, 6.45) is 3.59. The topological polar surface area (TPSA) is 59.0 Å². The molecule has 3 atom stereocenters. The van der Waals surface area contributed by atoms with Crippen LogP contribution in [-0.4, -0.2) is 50.2 Å². The van der Waals surface area contributed by atoms with Crippen molar-refractivity contribution in [1.29, 1.82) is 0 Å². The number of carbonyl (C=O) groups excluding carboxylic acids is 1. The van der Waals surface area contributed by atoms with Gasteiger partial charge in [0.25, 0.3) is 0 Å². The van der Waals surface area contributed by atoms with Crippen LogP contribution in [0.25, 0.3) is 16.8 Å². The molecule has 0 bridgehead atoms. The molecule has 1 unspecified atom stereocenters. The molecule has 1 fully saturated rings. The first-order chi connectivity index (χ1) is 16.6. The Morgan fingerprint density at radius 1 is 1.11 bits per heavy atom. The summed E-state index contributed by atoms with van der Waals surface area (Å²) in [6.45, 7) is 21.0. The Kier molecular flexibility index (Phi) is 8.43. The van der Waals surface area contributed by atoms with Crippen molar-refractivity contribution in [2.75, 3.05) is 19.8 Å². The number of ether oxygens (including phenoxy) is 1. The largest absolute Gasteiger partial charge is 0.447 e. The van der Waals surface area contributed by atoms with E-state index < -0.39 is 14.4 Å². The lowest BCUT2D eigenvalue weighted by molar-refractivity contribution is 0.116. The van der Waals surface area contributed by atoms with Crippen LogP contribution in [0.5, 0.6) is 0 Å². The smallest absolute Gasteiger partial charge is 0.410 e. The quantitative estimate of drug-likeness (QED) is 0.356. The summed E-state index contributed by atoms with van der Waals surface area (Å²) < 4.78 is 12.1. The van der Waals surface area contributed by atoms with Crippen LogP contribution in [0.3, 0.4) is 0 Å². The molecule has 1 N–H and O–H groups in total. The molecule has 1 amide bonds. The summed E-state index contributed by atoms with van der Waals surface area (Å²) in [7, 11) is -1.98. The minimum Gasteiger partial charge on any atom is -0.447 e. The Morgan fingerprint density at radius 2 is 1.78 bits per heavy atom. The number of rotatable bonds is 9. The summed E-state index contributed by atoms with van der Waals surface area (Å²) in [6, 6.07) is 12.5. The predicted octanol–water partition coefficient (Wildman–Crippen LogP) is 7.41. The lowest BCUT2D eigenvalue weighted by Gasteiger charge is -2.40. The third-order valence-corrected chi connectivity index (χ3v) is 12.4. The summed E-state index contributed by atoms with van der Waals surface area (Å²) >= 11 is 0. The van der Waals surface area contributed by atoms with Gasteiger partial charge in [-0.1, -0.05) is 78.0 Å². The fraction of sp³-hybridized carbons (Fsp3) is 0.567. The molecule has 2 aromatic carbocycles. The molecule has 1 saturated heterocycles. The second kappa shape index (κ2) is 10.7. The minimum absolute atomic E-state index is 0.0673. The fourth-order valence-corrected chi connectivity index (χ4v) is 5.36. The summed E-state index contributed by atoms with van der Waals surface area (Å²) in [5.41, 5.74) is 1.60. The number of amides is 1. The highest BCUT2D eigenvalue weighted by molar-refractivity contribution is 6.74. The maximum absolute atomic E-state index is 12.7. The Labute approximate surface area is 218 Å². The number of benzene rings is 2. The minimum atomic E-state index is -1.98. The number of cyclic esters (lactones) is 1. The first kappa shape index (κ1) is 28.4. The molecule has 2 aromatic rings. The van der Waals surface area contributed by atoms with Gasteiger partial charge in [0.2, 0.25) is 0 Å². The van der Waals surface area contributed by atoms with Crippen molar-refractivity contribution in [3.05, 3.63) is 53.6 Å². The zero-order chi connectivity index (χ0) is 26.9. The Hall–Kier alpha value is -2.15. The van der Waals surface area contributed by atoms with Gasteiger partial charge in [0.05, 0.1) is 12.1 Å². The number of hydrogen-bond acceptors (Lipinski definition) is 4. The van der Waals surface area contributed by atoms with Gasteiger partial charge in [0, 0.05) is 18.6 Å². The van der Waals surface area contributed by atoms with Crippen LogP contribution in [0.2, 0.25) is 18.1 Å². The standard InChI is InChI=1S/C30H45NO4Si/c1-21(2)27-18-34-28(33)31(27)19-30(7,20-35-36(8,9)29(4,5)6)15-14-23-10-11-24-12-13-25(22(3)32)17-26(24)16-23/h10-17,21-22,27,32H,18-20H2,1-9H3/b15-14+/t22-,27+,30?/m1/s1. The summed E-state index contributed by atoms with van der Waals surface area (Å²) in [5.74, 6) is 0.314. The number of hydrogen-bond donors (Lipinski definition) is 1. The monoisotopic (exact) mass is 511 g/mol. The molecule has 1 aliphatic rings. The van der Waals surface area contributed by atoms with E-state index in [0.29, 0.717) is 25.7 Å². The van der Waals surface area contributed by atoms with Crippen LogP contribution < -0.4 is 0 Å². The van der Waals surface area contributed by atoms with Gasteiger partial charge >= 0.3 is 6.09 Å². The molecular weight excluding hydrogens is 466 g/mol. The van der Waals surface area contributed by atoms with Crippen LogP contribution in [-0.2, 0) is 9.16 Å².